The van der Waals surface area contributed by atoms with E-state index in [9.17, 15) is 13.2 Å². The number of carbonyl (C=O) groups is 1. The van der Waals surface area contributed by atoms with E-state index in [1.54, 1.807) is 55.6 Å². The first-order valence-electron chi connectivity index (χ1n) is 11.3. The van der Waals surface area contributed by atoms with Crippen LogP contribution in [0.3, 0.4) is 0 Å². The van der Waals surface area contributed by atoms with Crippen molar-refractivity contribution in [2.24, 2.45) is 5.92 Å². The van der Waals surface area contributed by atoms with Crippen LogP contribution in [0, 0.1) is 5.92 Å². The highest BCUT2D eigenvalue weighted by Crippen LogP contribution is 2.27. The summed E-state index contributed by atoms with van der Waals surface area (Å²) in [6.07, 6.45) is 1.63. The van der Waals surface area contributed by atoms with Crippen LogP contribution >= 0.6 is 11.3 Å². The van der Waals surface area contributed by atoms with E-state index < -0.39 is 10.0 Å². The van der Waals surface area contributed by atoms with Gasteiger partial charge >= 0.3 is 0 Å². The molecule has 0 radical (unpaired) electrons. The summed E-state index contributed by atoms with van der Waals surface area (Å²) in [6.45, 7) is 7.97. The molecule has 3 atom stereocenters. The maximum Gasteiger partial charge on any atom is 0.257 e. The molecular weight excluding hydrogens is 476 g/mol. The minimum Gasteiger partial charge on any atom is -0.491 e. The fourth-order valence-corrected chi connectivity index (χ4v) is 5.16. The van der Waals surface area contributed by atoms with Crippen LogP contribution in [-0.2, 0) is 21.3 Å². The van der Waals surface area contributed by atoms with Crippen LogP contribution < -0.4 is 9.46 Å². The van der Waals surface area contributed by atoms with Crippen LogP contribution in [-0.4, -0.2) is 80.9 Å². The first-order valence-corrected chi connectivity index (χ1v) is 13.8. The average Bonchev–Trinajstić information content (AvgIpc) is 3.32. The van der Waals surface area contributed by atoms with Crippen LogP contribution in [0.25, 0.3) is 0 Å². The number of anilines is 1. The molecular formula is C23H34N4O5S2. The highest BCUT2D eigenvalue weighted by Gasteiger charge is 2.29. The van der Waals surface area contributed by atoms with E-state index in [-0.39, 0.29) is 29.7 Å². The summed E-state index contributed by atoms with van der Waals surface area (Å²) < 4.78 is 38.5. The molecule has 1 aromatic heterocycles. The van der Waals surface area contributed by atoms with Gasteiger partial charge in [0.2, 0.25) is 10.0 Å². The lowest BCUT2D eigenvalue weighted by molar-refractivity contribution is 0.00921. The van der Waals surface area contributed by atoms with E-state index in [0.29, 0.717) is 36.7 Å². The van der Waals surface area contributed by atoms with Gasteiger partial charge in [0.1, 0.15) is 17.4 Å². The molecule has 0 bridgehead atoms. The fourth-order valence-electron chi connectivity index (χ4n) is 3.89. The van der Waals surface area contributed by atoms with Crippen molar-refractivity contribution < 1.29 is 22.7 Å². The number of rotatable bonds is 6. The predicted octanol–water partition coefficient (Wildman–Crippen LogP) is 2.91. The summed E-state index contributed by atoms with van der Waals surface area (Å²) in [5, 5.41) is 3.00. The molecule has 3 rings (SSSR count). The lowest BCUT2D eigenvalue weighted by atomic mass is 10.0. The molecule has 0 aliphatic carbocycles. The van der Waals surface area contributed by atoms with Crippen molar-refractivity contribution in [3.8, 4) is 5.75 Å². The van der Waals surface area contributed by atoms with Gasteiger partial charge in [-0.25, -0.2) is 13.4 Å². The Morgan fingerprint density at radius 1 is 1.29 bits per heavy atom. The normalized spacial score (nSPS) is 22.9. The first-order chi connectivity index (χ1) is 16.1. The molecule has 0 unspecified atom stereocenters. The summed E-state index contributed by atoms with van der Waals surface area (Å²) in [7, 11) is -0.0994. The van der Waals surface area contributed by atoms with Gasteiger partial charge in [-0.15, -0.1) is 11.3 Å². The number of thiazole rings is 1. The standard InChI is InChI=1S/C23H34N4O5S2/c1-6-34(29,30)25-18-7-8-20-19(11-18)23(28)26(4)13-21(31-5)16(2)12-27(17(3)15-32-20)14-22-24-9-10-33-22/h7-11,16-17,21,25H,6,12-15H2,1-5H3/t16-,17+,21-/m0/s1. The molecule has 1 aliphatic heterocycles. The van der Waals surface area contributed by atoms with Crippen molar-refractivity contribution in [3.05, 3.63) is 40.3 Å². The van der Waals surface area contributed by atoms with Gasteiger partial charge in [0.15, 0.2) is 0 Å². The number of nitrogens with zero attached hydrogens (tertiary/aromatic N) is 3. The average molecular weight is 511 g/mol. The smallest absolute Gasteiger partial charge is 0.257 e. The van der Waals surface area contributed by atoms with Crippen molar-refractivity contribution >= 4 is 33.0 Å². The summed E-state index contributed by atoms with van der Waals surface area (Å²) in [5.41, 5.74) is 0.633. The number of amides is 1. The topological polar surface area (TPSA) is 101 Å². The van der Waals surface area contributed by atoms with Crippen LogP contribution in [0.4, 0.5) is 5.69 Å². The number of hydrogen-bond donors (Lipinski definition) is 1. The van der Waals surface area contributed by atoms with Gasteiger partial charge in [0.25, 0.3) is 5.91 Å². The maximum atomic E-state index is 13.4. The van der Waals surface area contributed by atoms with Gasteiger partial charge in [-0.3, -0.25) is 14.4 Å². The molecule has 34 heavy (non-hydrogen) atoms. The Kier molecular flexibility index (Phi) is 8.91. The molecule has 2 aromatic rings. The van der Waals surface area contributed by atoms with E-state index in [2.05, 4.69) is 28.5 Å². The molecule has 1 aliphatic rings. The van der Waals surface area contributed by atoms with E-state index >= 15 is 0 Å². The van der Waals surface area contributed by atoms with Gasteiger partial charge in [0.05, 0.1) is 24.0 Å². The number of carbonyl (C=O) groups excluding carboxylic acids is 1. The lowest BCUT2D eigenvalue weighted by Gasteiger charge is -2.35. The number of likely N-dealkylation sites (N-methyl/N-ethyl adjacent to an activating group) is 1. The van der Waals surface area contributed by atoms with Crippen molar-refractivity contribution in [1.29, 1.82) is 0 Å². The highest BCUT2D eigenvalue weighted by atomic mass is 32.2. The third kappa shape index (κ3) is 6.68. The molecule has 9 nitrogen and oxygen atoms in total. The number of methoxy groups -OCH3 is 1. The number of aromatic nitrogens is 1. The number of hydrogen-bond acceptors (Lipinski definition) is 8. The van der Waals surface area contributed by atoms with E-state index in [1.807, 2.05) is 5.38 Å². The number of nitrogens with one attached hydrogen (secondary N) is 1. The van der Waals surface area contributed by atoms with Crippen molar-refractivity contribution in [3.63, 3.8) is 0 Å². The van der Waals surface area contributed by atoms with Gasteiger partial charge in [-0.1, -0.05) is 6.92 Å². The summed E-state index contributed by atoms with van der Waals surface area (Å²) in [6, 6.07) is 4.84. The molecule has 0 fully saturated rings. The molecule has 188 valence electrons. The summed E-state index contributed by atoms with van der Waals surface area (Å²) in [4.78, 5) is 21.7. The molecule has 1 N–H and O–H groups in total. The zero-order chi connectivity index (χ0) is 24.9. The largest absolute Gasteiger partial charge is 0.491 e. The van der Waals surface area contributed by atoms with E-state index in [1.165, 1.54) is 6.07 Å². The fraction of sp³-hybridized carbons (Fsp3) is 0.565. The second-order valence-corrected chi connectivity index (χ2v) is 11.7. The van der Waals surface area contributed by atoms with Crippen molar-refractivity contribution in [2.45, 2.75) is 39.5 Å². The second-order valence-electron chi connectivity index (χ2n) is 8.67. The quantitative estimate of drug-likeness (QED) is 0.638. The molecule has 2 heterocycles. The van der Waals surface area contributed by atoms with Gasteiger partial charge < -0.3 is 14.4 Å². The van der Waals surface area contributed by atoms with E-state index in [0.717, 1.165) is 11.6 Å². The van der Waals surface area contributed by atoms with Crippen LogP contribution in [0.15, 0.2) is 29.8 Å². The number of fused-ring (bicyclic) bond motifs is 1. The van der Waals surface area contributed by atoms with Gasteiger partial charge in [0, 0.05) is 50.6 Å². The summed E-state index contributed by atoms with van der Waals surface area (Å²) >= 11 is 1.62. The minimum atomic E-state index is -3.48. The van der Waals surface area contributed by atoms with Crippen LogP contribution in [0.1, 0.15) is 36.1 Å². The summed E-state index contributed by atoms with van der Waals surface area (Å²) in [5.74, 6) is 0.243. The second kappa shape index (κ2) is 11.5. The van der Waals surface area contributed by atoms with Crippen LogP contribution in [0.5, 0.6) is 5.75 Å². The Labute approximate surface area is 206 Å². The first kappa shape index (κ1) is 26.4. The van der Waals surface area contributed by atoms with Crippen molar-refractivity contribution in [2.75, 3.05) is 44.3 Å². The highest BCUT2D eigenvalue weighted by molar-refractivity contribution is 7.92. The minimum absolute atomic E-state index is 0.0437. The molecule has 11 heteroatoms. The Hall–Kier alpha value is -2.21. The Balaban J connectivity index is 1.95. The zero-order valence-corrected chi connectivity index (χ0v) is 22.0. The van der Waals surface area contributed by atoms with Crippen molar-refractivity contribution in [1.82, 2.24) is 14.8 Å². The number of ether oxygens (including phenoxy) is 2. The Bertz CT molecular complexity index is 1060. The maximum absolute atomic E-state index is 13.4. The number of sulfonamides is 1. The third-order valence-electron chi connectivity index (χ3n) is 6.05. The van der Waals surface area contributed by atoms with Crippen LogP contribution in [0.2, 0.25) is 0 Å². The number of benzene rings is 1. The zero-order valence-electron chi connectivity index (χ0n) is 20.4. The predicted molar refractivity (Wildman–Crippen MR) is 134 cm³/mol. The van der Waals surface area contributed by atoms with E-state index in [4.69, 9.17) is 9.47 Å². The molecule has 0 saturated heterocycles. The van der Waals surface area contributed by atoms with Gasteiger partial charge in [-0.2, -0.15) is 0 Å². The lowest BCUT2D eigenvalue weighted by Crippen LogP contribution is -2.46. The SMILES string of the molecule is CCS(=O)(=O)Nc1ccc2c(c1)C(=O)N(C)C[C@H](OC)[C@@H](C)CN(Cc1nccs1)[C@H](C)CO2. The monoisotopic (exact) mass is 510 g/mol. The molecule has 0 spiro atoms. The molecule has 1 amide bonds. The third-order valence-corrected chi connectivity index (χ3v) is 8.12. The Morgan fingerprint density at radius 3 is 2.71 bits per heavy atom. The van der Waals surface area contributed by atoms with Gasteiger partial charge in [-0.05, 0) is 38.0 Å². The Morgan fingerprint density at radius 2 is 2.06 bits per heavy atom. The molecule has 0 saturated carbocycles. The molecule has 1 aromatic carbocycles.